The van der Waals surface area contributed by atoms with Crippen LogP contribution in [0.4, 0.5) is 0 Å². The Bertz CT molecular complexity index is 525. The molecule has 0 aliphatic carbocycles. The zero-order valence-electron chi connectivity index (χ0n) is 6.27. The first kappa shape index (κ1) is 7.53. The molecule has 0 aliphatic rings. The SMILES string of the molecule is O=C(O)c1nc2occc2c(=O)[nH]1. The quantitative estimate of drug-likeness (QED) is 0.654. The van der Waals surface area contributed by atoms with E-state index in [-0.39, 0.29) is 11.1 Å². The molecule has 0 saturated heterocycles. The van der Waals surface area contributed by atoms with Gasteiger partial charge in [-0.1, -0.05) is 0 Å². The van der Waals surface area contributed by atoms with Crippen molar-refractivity contribution in [3.63, 3.8) is 0 Å². The molecule has 0 amide bonds. The van der Waals surface area contributed by atoms with Crippen LogP contribution in [-0.2, 0) is 0 Å². The molecule has 0 radical (unpaired) electrons. The van der Waals surface area contributed by atoms with Gasteiger partial charge in [-0.05, 0) is 6.07 Å². The van der Waals surface area contributed by atoms with Crippen LogP contribution in [0, 0.1) is 0 Å². The molecule has 0 aromatic carbocycles. The normalized spacial score (nSPS) is 10.5. The van der Waals surface area contributed by atoms with Crippen LogP contribution in [0.2, 0.25) is 0 Å². The molecule has 2 aromatic heterocycles. The van der Waals surface area contributed by atoms with Gasteiger partial charge in [0, 0.05) is 0 Å². The van der Waals surface area contributed by atoms with E-state index in [9.17, 15) is 9.59 Å². The van der Waals surface area contributed by atoms with Crippen molar-refractivity contribution in [1.82, 2.24) is 9.97 Å². The number of fused-ring (bicyclic) bond motifs is 1. The summed E-state index contributed by atoms with van der Waals surface area (Å²) in [7, 11) is 0. The highest BCUT2D eigenvalue weighted by Gasteiger charge is 2.10. The highest BCUT2D eigenvalue weighted by Crippen LogP contribution is 2.06. The largest absolute Gasteiger partial charge is 0.475 e. The summed E-state index contributed by atoms with van der Waals surface area (Å²) in [6.45, 7) is 0. The molecule has 0 fully saturated rings. The fourth-order valence-corrected chi connectivity index (χ4v) is 0.966. The number of carbonyl (C=O) groups is 1. The Morgan fingerprint density at radius 2 is 2.38 bits per heavy atom. The molecular weight excluding hydrogens is 176 g/mol. The summed E-state index contributed by atoms with van der Waals surface area (Å²) in [6, 6.07) is 1.42. The Labute approximate surface area is 70.8 Å². The number of H-pyrrole nitrogens is 1. The van der Waals surface area contributed by atoms with Crippen LogP contribution in [0.1, 0.15) is 10.6 Å². The molecule has 0 bridgehead atoms. The summed E-state index contributed by atoms with van der Waals surface area (Å²) >= 11 is 0. The van der Waals surface area contributed by atoms with Gasteiger partial charge in [0.05, 0.1) is 6.26 Å². The van der Waals surface area contributed by atoms with Gasteiger partial charge in [0.2, 0.25) is 11.5 Å². The predicted molar refractivity (Wildman–Crippen MR) is 41.6 cm³/mol. The van der Waals surface area contributed by atoms with Gasteiger partial charge in [-0.3, -0.25) is 4.79 Å². The molecular formula is C7H4N2O4. The number of nitrogens with one attached hydrogen (secondary N) is 1. The van der Waals surface area contributed by atoms with Crippen LogP contribution in [0.15, 0.2) is 21.5 Å². The van der Waals surface area contributed by atoms with E-state index < -0.39 is 17.4 Å². The summed E-state index contributed by atoms with van der Waals surface area (Å²) in [4.78, 5) is 27.3. The lowest BCUT2D eigenvalue weighted by atomic mass is 10.4. The van der Waals surface area contributed by atoms with Gasteiger partial charge >= 0.3 is 5.97 Å². The molecule has 2 N–H and O–H groups in total. The van der Waals surface area contributed by atoms with Crippen LogP contribution in [0.3, 0.4) is 0 Å². The van der Waals surface area contributed by atoms with E-state index in [0.717, 1.165) is 0 Å². The van der Waals surface area contributed by atoms with Gasteiger partial charge in [-0.15, -0.1) is 0 Å². The molecule has 2 rings (SSSR count). The number of aromatic carboxylic acids is 1. The summed E-state index contributed by atoms with van der Waals surface area (Å²) in [5.41, 5.74) is -0.489. The van der Waals surface area contributed by atoms with Gasteiger partial charge in [-0.25, -0.2) is 4.79 Å². The smallest absolute Gasteiger partial charge is 0.372 e. The Kier molecular flexibility index (Phi) is 1.42. The van der Waals surface area contributed by atoms with Crippen LogP contribution < -0.4 is 5.56 Å². The van der Waals surface area contributed by atoms with Crippen molar-refractivity contribution >= 4 is 17.1 Å². The van der Waals surface area contributed by atoms with Crippen molar-refractivity contribution in [1.29, 1.82) is 0 Å². The Hall–Kier alpha value is -2.11. The molecule has 0 atom stereocenters. The number of rotatable bonds is 1. The van der Waals surface area contributed by atoms with Crippen molar-refractivity contribution in [2.75, 3.05) is 0 Å². The van der Waals surface area contributed by atoms with Gasteiger partial charge < -0.3 is 14.5 Å². The van der Waals surface area contributed by atoms with Crippen molar-refractivity contribution in [2.24, 2.45) is 0 Å². The molecule has 13 heavy (non-hydrogen) atoms. The Morgan fingerprint density at radius 3 is 3.08 bits per heavy atom. The van der Waals surface area contributed by atoms with Gasteiger partial charge in [-0.2, -0.15) is 4.98 Å². The second-order valence-corrected chi connectivity index (χ2v) is 2.36. The van der Waals surface area contributed by atoms with Crippen molar-refractivity contribution in [3.8, 4) is 0 Å². The number of aromatic amines is 1. The Balaban J connectivity index is 2.85. The molecule has 0 saturated carbocycles. The average molecular weight is 180 g/mol. The average Bonchev–Trinajstić information content (AvgIpc) is 2.51. The zero-order valence-corrected chi connectivity index (χ0v) is 6.27. The molecule has 0 unspecified atom stereocenters. The van der Waals surface area contributed by atoms with E-state index in [4.69, 9.17) is 9.52 Å². The summed E-state index contributed by atoms with van der Waals surface area (Å²) in [5.74, 6) is -1.72. The molecule has 6 heteroatoms. The predicted octanol–water partition coefficient (Wildman–Crippen LogP) is 0.214. The van der Waals surface area contributed by atoms with E-state index in [1.54, 1.807) is 0 Å². The molecule has 6 nitrogen and oxygen atoms in total. The first-order valence-corrected chi connectivity index (χ1v) is 3.39. The second kappa shape index (κ2) is 2.44. The molecule has 0 spiro atoms. The van der Waals surface area contributed by atoms with Crippen LogP contribution in [-0.4, -0.2) is 21.0 Å². The number of nitrogens with zero attached hydrogens (tertiary/aromatic N) is 1. The minimum Gasteiger partial charge on any atom is -0.475 e. The number of hydrogen-bond acceptors (Lipinski definition) is 4. The number of aromatic nitrogens is 2. The summed E-state index contributed by atoms with van der Waals surface area (Å²) in [6.07, 6.45) is 1.28. The van der Waals surface area contributed by atoms with Crippen LogP contribution >= 0.6 is 0 Å². The topological polar surface area (TPSA) is 96.2 Å². The minimum atomic E-state index is -1.30. The van der Waals surface area contributed by atoms with E-state index in [2.05, 4.69) is 9.97 Å². The van der Waals surface area contributed by atoms with E-state index in [1.807, 2.05) is 0 Å². The second-order valence-electron chi connectivity index (χ2n) is 2.36. The first-order valence-electron chi connectivity index (χ1n) is 3.39. The van der Waals surface area contributed by atoms with Crippen molar-refractivity contribution in [3.05, 3.63) is 28.5 Å². The lowest BCUT2D eigenvalue weighted by Gasteiger charge is -1.91. The maximum absolute atomic E-state index is 11.1. The highest BCUT2D eigenvalue weighted by molar-refractivity contribution is 5.85. The summed E-state index contributed by atoms with van der Waals surface area (Å²) in [5, 5.41) is 8.77. The fourth-order valence-electron chi connectivity index (χ4n) is 0.966. The molecule has 2 aromatic rings. The van der Waals surface area contributed by atoms with Gasteiger partial charge in [0.15, 0.2) is 0 Å². The van der Waals surface area contributed by atoms with Crippen LogP contribution in [0.25, 0.3) is 11.1 Å². The zero-order chi connectivity index (χ0) is 9.42. The van der Waals surface area contributed by atoms with Crippen molar-refractivity contribution in [2.45, 2.75) is 0 Å². The molecule has 0 aliphatic heterocycles. The molecule has 2 heterocycles. The lowest BCUT2D eigenvalue weighted by molar-refractivity contribution is 0.0683. The lowest BCUT2D eigenvalue weighted by Crippen LogP contribution is -2.14. The van der Waals surface area contributed by atoms with Crippen molar-refractivity contribution < 1.29 is 14.3 Å². The number of carboxylic acids is 1. The van der Waals surface area contributed by atoms with E-state index in [1.165, 1.54) is 12.3 Å². The van der Waals surface area contributed by atoms with Crippen LogP contribution in [0.5, 0.6) is 0 Å². The number of carboxylic acid groups (broad SMARTS) is 1. The summed E-state index contributed by atoms with van der Waals surface area (Å²) < 4.78 is 4.80. The number of furan rings is 1. The van der Waals surface area contributed by atoms with Gasteiger partial charge in [0.25, 0.3) is 5.56 Å². The number of hydrogen-bond donors (Lipinski definition) is 2. The Morgan fingerprint density at radius 1 is 1.62 bits per heavy atom. The minimum absolute atomic E-state index is 0.0288. The fraction of sp³-hybridized carbons (Fsp3) is 0. The third-order valence-electron chi connectivity index (χ3n) is 1.54. The molecule has 66 valence electrons. The highest BCUT2D eigenvalue weighted by atomic mass is 16.4. The maximum atomic E-state index is 11.1. The maximum Gasteiger partial charge on any atom is 0.372 e. The standard InChI is InChI=1S/C7H4N2O4/c10-5-3-1-2-13-6(3)9-4(8-5)7(11)12/h1-2H,(H,11,12)(H,8,9,10). The van der Waals surface area contributed by atoms with E-state index in [0.29, 0.717) is 0 Å². The third kappa shape index (κ3) is 1.08. The first-order chi connectivity index (χ1) is 6.18. The monoisotopic (exact) mass is 180 g/mol. The van der Waals surface area contributed by atoms with E-state index >= 15 is 0 Å². The van der Waals surface area contributed by atoms with Gasteiger partial charge in [0.1, 0.15) is 5.39 Å². The third-order valence-corrected chi connectivity index (χ3v) is 1.54.